The van der Waals surface area contributed by atoms with E-state index in [1.807, 2.05) is 31.2 Å². The van der Waals surface area contributed by atoms with E-state index in [-0.39, 0.29) is 23.5 Å². The number of benzene rings is 1. The molecule has 0 saturated carbocycles. The number of para-hydroxylation sites is 1. The monoisotopic (exact) mass is 406 g/mol. The first kappa shape index (κ1) is 19.4. The van der Waals surface area contributed by atoms with Crippen LogP contribution in [0.1, 0.15) is 29.5 Å². The average molecular weight is 407 g/mol. The Hall–Kier alpha value is -1.90. The van der Waals surface area contributed by atoms with Crippen LogP contribution in [-0.2, 0) is 21.2 Å². The lowest BCUT2D eigenvalue weighted by molar-refractivity contribution is 0.0553. The van der Waals surface area contributed by atoms with Crippen LogP contribution in [-0.4, -0.2) is 74.5 Å². The molecule has 4 rings (SSSR count). The fourth-order valence-electron chi connectivity index (χ4n) is 4.12. The predicted octanol–water partition coefficient (Wildman–Crippen LogP) is 1.91. The number of ether oxygens (including phenoxy) is 1. The second-order valence-electron chi connectivity index (χ2n) is 7.43. The van der Waals surface area contributed by atoms with Gasteiger partial charge in [0.05, 0.1) is 18.1 Å². The highest BCUT2D eigenvalue weighted by Crippen LogP contribution is 2.28. The first-order chi connectivity index (χ1) is 13.5. The van der Waals surface area contributed by atoms with Gasteiger partial charge in [0, 0.05) is 49.8 Å². The molecule has 1 atom stereocenters. The van der Waals surface area contributed by atoms with E-state index >= 15 is 0 Å². The average Bonchev–Trinajstić information content (AvgIpc) is 3.26. The number of rotatable bonds is 5. The summed E-state index contributed by atoms with van der Waals surface area (Å²) in [5, 5.41) is 0.911. The summed E-state index contributed by atoms with van der Waals surface area (Å²) >= 11 is 0. The SMILES string of the molecule is CCOCc1c(C(=O)N2CCN(C3CCS(=O)(=O)C3)CC2)oc2ccccc12. The Morgan fingerprint density at radius 3 is 2.64 bits per heavy atom. The van der Waals surface area contributed by atoms with Crippen LogP contribution in [0, 0.1) is 0 Å². The Morgan fingerprint density at radius 1 is 1.21 bits per heavy atom. The van der Waals surface area contributed by atoms with E-state index in [9.17, 15) is 13.2 Å². The number of fused-ring (bicyclic) bond motifs is 1. The van der Waals surface area contributed by atoms with Crippen LogP contribution in [0.4, 0.5) is 0 Å². The molecule has 152 valence electrons. The molecule has 7 nitrogen and oxygen atoms in total. The fourth-order valence-corrected chi connectivity index (χ4v) is 5.88. The van der Waals surface area contributed by atoms with Gasteiger partial charge in [-0.1, -0.05) is 18.2 Å². The highest BCUT2D eigenvalue weighted by molar-refractivity contribution is 7.91. The Morgan fingerprint density at radius 2 is 1.96 bits per heavy atom. The van der Waals surface area contributed by atoms with E-state index in [0.717, 1.165) is 10.9 Å². The molecule has 2 aliphatic heterocycles. The number of carbonyl (C=O) groups is 1. The Balaban J connectivity index is 1.48. The van der Waals surface area contributed by atoms with Crippen molar-refractivity contribution in [2.24, 2.45) is 0 Å². The zero-order valence-corrected chi connectivity index (χ0v) is 16.9. The lowest BCUT2D eigenvalue weighted by atomic mass is 10.1. The lowest BCUT2D eigenvalue weighted by Gasteiger charge is -2.37. The Bertz CT molecular complexity index is 960. The molecule has 28 heavy (non-hydrogen) atoms. The minimum atomic E-state index is -2.90. The Labute approximate surface area is 165 Å². The van der Waals surface area contributed by atoms with Gasteiger partial charge < -0.3 is 14.1 Å². The van der Waals surface area contributed by atoms with Crippen LogP contribution in [0.5, 0.6) is 0 Å². The van der Waals surface area contributed by atoms with Crippen molar-refractivity contribution in [3.63, 3.8) is 0 Å². The second kappa shape index (κ2) is 7.85. The van der Waals surface area contributed by atoms with Crippen LogP contribution in [0.3, 0.4) is 0 Å². The van der Waals surface area contributed by atoms with Gasteiger partial charge in [-0.05, 0) is 19.4 Å². The molecule has 1 aromatic carbocycles. The van der Waals surface area contributed by atoms with Gasteiger partial charge >= 0.3 is 0 Å². The second-order valence-corrected chi connectivity index (χ2v) is 9.66. The normalized spacial score (nSPS) is 22.8. The molecule has 2 saturated heterocycles. The number of furan rings is 1. The summed E-state index contributed by atoms with van der Waals surface area (Å²) in [6.45, 7) is 5.34. The van der Waals surface area contributed by atoms with Gasteiger partial charge in [-0.25, -0.2) is 8.42 Å². The summed E-state index contributed by atoms with van der Waals surface area (Å²) in [7, 11) is -2.90. The summed E-state index contributed by atoms with van der Waals surface area (Å²) in [5.41, 5.74) is 1.49. The molecule has 3 heterocycles. The maximum absolute atomic E-state index is 13.1. The summed E-state index contributed by atoms with van der Waals surface area (Å²) < 4.78 is 34.9. The van der Waals surface area contributed by atoms with Gasteiger partial charge in [0.15, 0.2) is 15.6 Å². The van der Waals surface area contributed by atoms with Gasteiger partial charge in [0.1, 0.15) is 5.58 Å². The summed E-state index contributed by atoms with van der Waals surface area (Å²) in [4.78, 5) is 17.1. The molecule has 0 radical (unpaired) electrons. The van der Waals surface area contributed by atoms with Crippen molar-refractivity contribution in [3.8, 4) is 0 Å². The van der Waals surface area contributed by atoms with Crippen molar-refractivity contribution in [2.45, 2.75) is 26.0 Å². The van der Waals surface area contributed by atoms with Crippen molar-refractivity contribution >= 4 is 26.7 Å². The molecule has 8 heteroatoms. The maximum Gasteiger partial charge on any atom is 0.290 e. The van der Waals surface area contributed by atoms with Gasteiger partial charge in [-0.3, -0.25) is 9.69 Å². The fraction of sp³-hybridized carbons (Fsp3) is 0.550. The third-order valence-corrected chi connectivity index (χ3v) is 7.42. The van der Waals surface area contributed by atoms with Crippen LogP contribution in [0.15, 0.2) is 28.7 Å². The lowest BCUT2D eigenvalue weighted by Crippen LogP contribution is -2.52. The van der Waals surface area contributed by atoms with Gasteiger partial charge in [0.2, 0.25) is 0 Å². The molecule has 1 aromatic heterocycles. The molecule has 2 fully saturated rings. The third kappa shape index (κ3) is 3.81. The zero-order valence-electron chi connectivity index (χ0n) is 16.1. The molecule has 0 N–H and O–H groups in total. The molecular formula is C20H26N2O5S. The molecule has 2 aromatic rings. The van der Waals surface area contributed by atoms with Crippen molar-refractivity contribution in [2.75, 3.05) is 44.3 Å². The number of amides is 1. The molecule has 0 bridgehead atoms. The minimum absolute atomic E-state index is 0.0852. The molecule has 2 aliphatic rings. The van der Waals surface area contributed by atoms with Crippen LogP contribution in [0.2, 0.25) is 0 Å². The Kier molecular flexibility index (Phi) is 5.44. The number of sulfone groups is 1. The summed E-state index contributed by atoms with van der Waals surface area (Å²) in [6.07, 6.45) is 0.693. The largest absolute Gasteiger partial charge is 0.451 e. The quantitative estimate of drug-likeness (QED) is 0.755. The highest BCUT2D eigenvalue weighted by atomic mass is 32.2. The van der Waals surface area contributed by atoms with E-state index < -0.39 is 9.84 Å². The van der Waals surface area contributed by atoms with Crippen molar-refractivity contribution < 1.29 is 22.4 Å². The number of nitrogens with zero attached hydrogens (tertiary/aromatic N) is 2. The van der Waals surface area contributed by atoms with Gasteiger partial charge in [-0.2, -0.15) is 0 Å². The molecule has 1 amide bonds. The van der Waals surface area contributed by atoms with E-state index in [1.54, 1.807) is 4.90 Å². The molecule has 0 aliphatic carbocycles. The molecule has 0 spiro atoms. The number of hydrogen-bond donors (Lipinski definition) is 0. The standard InChI is InChI=1S/C20H26N2O5S/c1-2-26-13-17-16-5-3-4-6-18(16)27-19(17)20(23)22-10-8-21(9-11-22)15-7-12-28(24,25)14-15/h3-6,15H,2,7-14H2,1H3. The smallest absolute Gasteiger partial charge is 0.290 e. The van der Waals surface area contributed by atoms with Crippen LogP contribution in [0.25, 0.3) is 11.0 Å². The minimum Gasteiger partial charge on any atom is -0.451 e. The number of carbonyl (C=O) groups excluding carboxylic acids is 1. The van der Waals surface area contributed by atoms with E-state index in [2.05, 4.69) is 4.90 Å². The zero-order chi connectivity index (χ0) is 19.7. The maximum atomic E-state index is 13.1. The highest BCUT2D eigenvalue weighted by Gasteiger charge is 2.35. The van der Waals surface area contributed by atoms with Gasteiger partial charge in [-0.15, -0.1) is 0 Å². The summed E-state index contributed by atoms with van der Waals surface area (Å²) in [5.74, 6) is 0.746. The van der Waals surface area contributed by atoms with Crippen LogP contribution < -0.4 is 0 Å². The molecule has 1 unspecified atom stereocenters. The van der Waals surface area contributed by atoms with E-state index in [0.29, 0.717) is 57.2 Å². The van der Waals surface area contributed by atoms with Crippen molar-refractivity contribution in [3.05, 3.63) is 35.6 Å². The first-order valence-electron chi connectivity index (χ1n) is 9.80. The third-order valence-electron chi connectivity index (χ3n) is 5.67. The molecular weight excluding hydrogens is 380 g/mol. The van der Waals surface area contributed by atoms with E-state index in [1.165, 1.54) is 0 Å². The number of piperazine rings is 1. The summed E-state index contributed by atoms with van der Waals surface area (Å²) in [6, 6.07) is 7.71. The van der Waals surface area contributed by atoms with E-state index in [4.69, 9.17) is 9.15 Å². The van der Waals surface area contributed by atoms with Gasteiger partial charge in [0.25, 0.3) is 5.91 Å². The topological polar surface area (TPSA) is 80.1 Å². The first-order valence-corrected chi connectivity index (χ1v) is 11.6. The van der Waals surface area contributed by atoms with Crippen molar-refractivity contribution in [1.82, 2.24) is 9.80 Å². The predicted molar refractivity (Wildman–Crippen MR) is 106 cm³/mol. The van der Waals surface area contributed by atoms with Crippen molar-refractivity contribution in [1.29, 1.82) is 0 Å². The van der Waals surface area contributed by atoms with Crippen LogP contribution >= 0.6 is 0 Å². The number of hydrogen-bond acceptors (Lipinski definition) is 6.